The number of hydrogen-bond donors (Lipinski definition) is 2. The summed E-state index contributed by atoms with van der Waals surface area (Å²) >= 11 is 0. The van der Waals surface area contributed by atoms with E-state index in [1.807, 2.05) is 0 Å². The van der Waals surface area contributed by atoms with Crippen molar-refractivity contribution in [2.45, 2.75) is 24.0 Å². The fourth-order valence-electron chi connectivity index (χ4n) is 2.66. The van der Waals surface area contributed by atoms with Crippen molar-refractivity contribution in [1.29, 1.82) is 0 Å². The van der Waals surface area contributed by atoms with Gasteiger partial charge in [-0.3, -0.25) is 9.20 Å². The molecule has 0 saturated carbocycles. The molecule has 0 spiro atoms. The minimum Gasteiger partial charge on any atom is -0.348 e. The Balaban J connectivity index is 0.00000192. The highest BCUT2D eigenvalue weighted by Gasteiger charge is 2.24. The molecule has 2 aromatic heterocycles. The summed E-state index contributed by atoms with van der Waals surface area (Å²) in [5.74, 6) is -0.328. The molecule has 2 N–H and O–H groups in total. The van der Waals surface area contributed by atoms with Gasteiger partial charge in [0.25, 0.3) is 5.91 Å². The second-order valence-corrected chi connectivity index (χ2v) is 7.38. The molecule has 7 nitrogen and oxygen atoms in total. The molecule has 1 saturated heterocycles. The van der Waals surface area contributed by atoms with E-state index in [4.69, 9.17) is 0 Å². The van der Waals surface area contributed by atoms with Gasteiger partial charge in [-0.15, -0.1) is 12.4 Å². The number of pyridine rings is 1. The molecule has 0 aliphatic carbocycles. The molecular weight excluding hydrogens is 340 g/mol. The normalized spacial score (nSPS) is 16.0. The molecule has 0 aromatic carbocycles. The summed E-state index contributed by atoms with van der Waals surface area (Å²) in [6.45, 7) is 1.73. The van der Waals surface area contributed by atoms with E-state index in [1.54, 1.807) is 24.4 Å². The third kappa shape index (κ3) is 3.65. The summed E-state index contributed by atoms with van der Waals surface area (Å²) in [4.78, 5) is 16.5. The highest BCUT2D eigenvalue weighted by molar-refractivity contribution is 7.90. The van der Waals surface area contributed by atoms with Gasteiger partial charge in [-0.2, -0.15) is 0 Å². The van der Waals surface area contributed by atoms with E-state index < -0.39 is 9.84 Å². The number of hydrogen-bond acceptors (Lipinski definition) is 5. The zero-order valence-corrected chi connectivity index (χ0v) is 14.3. The van der Waals surface area contributed by atoms with Gasteiger partial charge in [0.15, 0.2) is 5.69 Å². The molecule has 1 aliphatic rings. The van der Waals surface area contributed by atoms with Crippen LogP contribution in [0.25, 0.3) is 5.52 Å². The van der Waals surface area contributed by atoms with E-state index in [-0.39, 0.29) is 35.2 Å². The van der Waals surface area contributed by atoms with E-state index in [1.165, 1.54) is 4.40 Å². The lowest BCUT2D eigenvalue weighted by atomic mass is 10.1. The smallest absolute Gasteiger partial charge is 0.272 e. The molecule has 2 aromatic rings. The Morgan fingerprint density at radius 2 is 2.04 bits per heavy atom. The van der Waals surface area contributed by atoms with Gasteiger partial charge in [0.1, 0.15) is 0 Å². The molecule has 1 aliphatic heterocycles. The SMILES string of the molecule is CS(=O)(=O)c1nc(C(=O)NC2CCNCC2)c2ccccn12.Cl. The zero-order chi connectivity index (χ0) is 15.7. The molecule has 3 heterocycles. The third-order valence-electron chi connectivity index (χ3n) is 3.74. The van der Waals surface area contributed by atoms with Crippen LogP contribution in [0.4, 0.5) is 0 Å². The van der Waals surface area contributed by atoms with Crippen molar-refractivity contribution in [3.05, 3.63) is 30.1 Å². The van der Waals surface area contributed by atoms with Crippen LogP contribution in [0.5, 0.6) is 0 Å². The average Bonchev–Trinajstić information content (AvgIpc) is 2.88. The van der Waals surface area contributed by atoms with Crippen molar-refractivity contribution < 1.29 is 13.2 Å². The molecular formula is C14H19ClN4O3S. The fraction of sp³-hybridized carbons (Fsp3) is 0.429. The van der Waals surface area contributed by atoms with Gasteiger partial charge in [-0.25, -0.2) is 13.4 Å². The molecule has 0 bridgehead atoms. The number of carbonyl (C=O) groups excluding carboxylic acids is 1. The Morgan fingerprint density at radius 3 is 2.70 bits per heavy atom. The second kappa shape index (κ2) is 6.86. The van der Waals surface area contributed by atoms with Crippen LogP contribution in [-0.2, 0) is 9.84 Å². The Labute approximate surface area is 140 Å². The fourth-order valence-corrected chi connectivity index (χ4v) is 3.43. The zero-order valence-electron chi connectivity index (χ0n) is 12.7. The van der Waals surface area contributed by atoms with E-state index in [2.05, 4.69) is 15.6 Å². The van der Waals surface area contributed by atoms with Gasteiger partial charge >= 0.3 is 0 Å². The number of nitrogens with one attached hydrogen (secondary N) is 2. The maximum absolute atomic E-state index is 12.5. The van der Waals surface area contributed by atoms with E-state index in [0.717, 1.165) is 32.2 Å². The maximum atomic E-state index is 12.5. The van der Waals surface area contributed by atoms with Crippen molar-refractivity contribution in [1.82, 2.24) is 20.0 Å². The van der Waals surface area contributed by atoms with E-state index >= 15 is 0 Å². The Kier molecular flexibility index (Phi) is 5.28. The van der Waals surface area contributed by atoms with Gasteiger partial charge in [0.05, 0.1) is 5.52 Å². The molecule has 126 valence electrons. The van der Waals surface area contributed by atoms with Crippen LogP contribution in [0.1, 0.15) is 23.3 Å². The summed E-state index contributed by atoms with van der Waals surface area (Å²) < 4.78 is 25.1. The molecule has 0 radical (unpaired) electrons. The Hall–Kier alpha value is -1.64. The largest absolute Gasteiger partial charge is 0.348 e. The van der Waals surface area contributed by atoms with Crippen molar-refractivity contribution in [3.8, 4) is 0 Å². The number of carbonyl (C=O) groups is 1. The number of piperidine rings is 1. The first-order valence-electron chi connectivity index (χ1n) is 7.15. The number of fused-ring (bicyclic) bond motifs is 1. The molecule has 0 unspecified atom stereocenters. The molecule has 3 rings (SSSR count). The first-order chi connectivity index (χ1) is 10.5. The van der Waals surface area contributed by atoms with Crippen LogP contribution in [-0.4, -0.2) is 49.1 Å². The Morgan fingerprint density at radius 1 is 1.35 bits per heavy atom. The number of sulfone groups is 1. The van der Waals surface area contributed by atoms with Crippen molar-refractivity contribution in [2.75, 3.05) is 19.3 Å². The molecule has 0 atom stereocenters. The van der Waals surface area contributed by atoms with Crippen molar-refractivity contribution in [3.63, 3.8) is 0 Å². The number of amides is 1. The second-order valence-electron chi connectivity index (χ2n) is 5.47. The van der Waals surface area contributed by atoms with Gasteiger partial charge in [0, 0.05) is 18.5 Å². The standard InChI is InChI=1S/C14H18N4O3S.ClH/c1-22(20,21)14-17-12(11-4-2-3-9-18(11)14)13(19)16-10-5-7-15-8-6-10;/h2-4,9-10,15H,5-8H2,1H3,(H,16,19);1H. The first kappa shape index (κ1) is 17.7. The van der Waals surface area contributed by atoms with Crippen LogP contribution in [0.15, 0.2) is 29.6 Å². The predicted octanol–water partition coefficient (Wildman–Crippen LogP) is 0.641. The monoisotopic (exact) mass is 358 g/mol. The summed E-state index contributed by atoms with van der Waals surface area (Å²) in [5, 5.41) is 6.06. The quantitative estimate of drug-likeness (QED) is 0.840. The van der Waals surface area contributed by atoms with Crippen molar-refractivity contribution >= 4 is 33.7 Å². The summed E-state index contributed by atoms with van der Waals surface area (Å²) in [6.07, 6.45) is 4.40. The summed E-state index contributed by atoms with van der Waals surface area (Å²) in [7, 11) is -3.51. The molecule has 1 amide bonds. The molecule has 23 heavy (non-hydrogen) atoms. The van der Waals surface area contributed by atoms with Crippen LogP contribution in [0, 0.1) is 0 Å². The van der Waals surface area contributed by atoms with Gasteiger partial charge in [-0.1, -0.05) is 6.07 Å². The summed E-state index contributed by atoms with van der Waals surface area (Å²) in [5.41, 5.74) is 0.647. The highest BCUT2D eigenvalue weighted by Crippen LogP contribution is 2.17. The minimum absolute atomic E-state index is 0. The van der Waals surface area contributed by atoms with Crippen LogP contribution >= 0.6 is 12.4 Å². The number of imidazole rings is 1. The average molecular weight is 359 g/mol. The first-order valence-corrected chi connectivity index (χ1v) is 9.04. The topological polar surface area (TPSA) is 92.6 Å². The predicted molar refractivity (Wildman–Crippen MR) is 88.9 cm³/mol. The Bertz CT molecular complexity index is 813. The molecule has 9 heteroatoms. The number of halogens is 1. The van der Waals surface area contributed by atoms with Crippen LogP contribution in [0.3, 0.4) is 0 Å². The number of nitrogens with zero attached hydrogens (tertiary/aromatic N) is 2. The highest BCUT2D eigenvalue weighted by atomic mass is 35.5. The summed E-state index contributed by atoms with van der Waals surface area (Å²) in [6, 6.07) is 5.25. The van der Waals surface area contributed by atoms with Gasteiger partial charge < -0.3 is 10.6 Å². The van der Waals surface area contributed by atoms with E-state index in [9.17, 15) is 13.2 Å². The van der Waals surface area contributed by atoms with Crippen LogP contribution in [0.2, 0.25) is 0 Å². The van der Waals surface area contributed by atoms with Crippen LogP contribution < -0.4 is 10.6 Å². The lowest BCUT2D eigenvalue weighted by Crippen LogP contribution is -2.42. The molecule has 1 fully saturated rings. The van der Waals surface area contributed by atoms with Gasteiger partial charge in [-0.05, 0) is 38.1 Å². The number of aromatic nitrogens is 2. The minimum atomic E-state index is -3.51. The third-order valence-corrected chi connectivity index (χ3v) is 4.69. The number of rotatable bonds is 3. The van der Waals surface area contributed by atoms with Gasteiger partial charge in [0.2, 0.25) is 15.0 Å². The lowest BCUT2D eigenvalue weighted by molar-refractivity contribution is 0.0926. The maximum Gasteiger partial charge on any atom is 0.272 e. The van der Waals surface area contributed by atoms with Crippen molar-refractivity contribution in [2.24, 2.45) is 0 Å². The van der Waals surface area contributed by atoms with E-state index in [0.29, 0.717) is 5.52 Å². The lowest BCUT2D eigenvalue weighted by Gasteiger charge is -2.23.